The third-order valence-electron chi connectivity index (χ3n) is 1.89. The van der Waals surface area contributed by atoms with Gasteiger partial charge in [-0.05, 0) is 13.3 Å². The van der Waals surface area contributed by atoms with Crippen LogP contribution >= 0.6 is 0 Å². The van der Waals surface area contributed by atoms with Gasteiger partial charge in [-0.2, -0.15) is 0 Å². The van der Waals surface area contributed by atoms with Gasteiger partial charge in [0.05, 0.1) is 5.69 Å². The Kier molecular flexibility index (Phi) is 5.44. The van der Waals surface area contributed by atoms with E-state index in [0.717, 1.165) is 12.2 Å². The molecule has 2 heteroatoms. The lowest BCUT2D eigenvalue weighted by Gasteiger charge is -1.96. The number of imidazole rings is 1. The molecule has 0 aliphatic carbocycles. The van der Waals surface area contributed by atoms with Crippen LogP contribution in [0.1, 0.15) is 57.7 Å². The number of hydrogen-bond acceptors (Lipinski definition) is 1. The Hall–Kier alpha value is -0.790. The number of H-pyrrole nitrogens is 1. The smallest absolute Gasteiger partial charge is 0.109 e. The minimum Gasteiger partial charge on any atom is -0.346 e. The van der Waals surface area contributed by atoms with Gasteiger partial charge in [0.2, 0.25) is 0 Å². The van der Waals surface area contributed by atoms with E-state index in [1.54, 1.807) is 0 Å². The van der Waals surface area contributed by atoms with Gasteiger partial charge in [0, 0.05) is 11.6 Å². The molecule has 0 unspecified atom stereocenters. The Balaban J connectivity index is 0.000000671. The lowest BCUT2D eigenvalue weighted by Crippen LogP contribution is -1.89. The summed E-state index contributed by atoms with van der Waals surface area (Å²) in [6, 6.07) is 0. The van der Waals surface area contributed by atoms with Gasteiger partial charge in [-0.25, -0.2) is 4.98 Å². The molecule has 0 radical (unpaired) electrons. The standard InChI is InChI=1S/C9H16N2.C2H6/c1-5-8-7(4)10-9(11-8)6(2)3;1-2/h6H,5H2,1-4H3,(H,10,11);1-2H3. The highest BCUT2D eigenvalue weighted by atomic mass is 14.9. The summed E-state index contributed by atoms with van der Waals surface area (Å²) >= 11 is 0. The van der Waals surface area contributed by atoms with Crippen molar-refractivity contribution in [3.8, 4) is 0 Å². The molecule has 13 heavy (non-hydrogen) atoms. The summed E-state index contributed by atoms with van der Waals surface area (Å²) in [7, 11) is 0. The molecule has 0 atom stereocenters. The maximum absolute atomic E-state index is 4.47. The van der Waals surface area contributed by atoms with Crippen LogP contribution in [0.4, 0.5) is 0 Å². The van der Waals surface area contributed by atoms with E-state index in [2.05, 4.69) is 37.7 Å². The first-order chi connectivity index (χ1) is 6.15. The third-order valence-corrected chi connectivity index (χ3v) is 1.89. The fourth-order valence-corrected chi connectivity index (χ4v) is 1.14. The summed E-state index contributed by atoms with van der Waals surface area (Å²) in [4.78, 5) is 7.76. The molecule has 0 saturated carbocycles. The summed E-state index contributed by atoms with van der Waals surface area (Å²) in [5.74, 6) is 1.62. The highest BCUT2D eigenvalue weighted by molar-refractivity contribution is 5.14. The number of aromatic nitrogens is 2. The maximum atomic E-state index is 4.47. The second-order valence-corrected chi connectivity index (χ2v) is 3.20. The first kappa shape index (κ1) is 12.2. The normalized spacial score (nSPS) is 9.77. The van der Waals surface area contributed by atoms with Gasteiger partial charge in [-0.15, -0.1) is 0 Å². The molecule has 1 N–H and O–H groups in total. The Bertz CT molecular complexity index is 236. The molecule has 1 rings (SSSR count). The monoisotopic (exact) mass is 182 g/mol. The molecule has 0 aliphatic heterocycles. The zero-order chi connectivity index (χ0) is 10.4. The Labute approximate surface area is 81.8 Å². The molecular weight excluding hydrogens is 160 g/mol. The first-order valence-electron chi connectivity index (χ1n) is 5.20. The van der Waals surface area contributed by atoms with Crippen molar-refractivity contribution in [1.82, 2.24) is 9.97 Å². The largest absolute Gasteiger partial charge is 0.346 e. The molecule has 1 aromatic rings. The van der Waals surface area contributed by atoms with Crippen LogP contribution in [0, 0.1) is 6.92 Å². The highest BCUT2D eigenvalue weighted by Gasteiger charge is 2.06. The van der Waals surface area contributed by atoms with Crippen LogP contribution in [-0.2, 0) is 6.42 Å². The van der Waals surface area contributed by atoms with Crippen molar-refractivity contribution < 1.29 is 0 Å². The lowest BCUT2D eigenvalue weighted by atomic mass is 10.2. The average Bonchev–Trinajstić information content (AvgIpc) is 2.50. The predicted molar refractivity (Wildman–Crippen MR) is 58.1 cm³/mol. The summed E-state index contributed by atoms with van der Waals surface area (Å²) in [5.41, 5.74) is 2.42. The average molecular weight is 182 g/mol. The Morgan fingerprint density at radius 3 is 2.08 bits per heavy atom. The van der Waals surface area contributed by atoms with Crippen LogP contribution in [-0.4, -0.2) is 9.97 Å². The number of hydrogen-bond donors (Lipinski definition) is 1. The van der Waals surface area contributed by atoms with E-state index in [-0.39, 0.29) is 0 Å². The fourth-order valence-electron chi connectivity index (χ4n) is 1.14. The third kappa shape index (κ3) is 3.21. The van der Waals surface area contributed by atoms with E-state index in [4.69, 9.17) is 0 Å². The van der Waals surface area contributed by atoms with Crippen molar-refractivity contribution in [2.45, 2.75) is 53.9 Å². The van der Waals surface area contributed by atoms with Gasteiger partial charge in [-0.1, -0.05) is 34.6 Å². The zero-order valence-corrected chi connectivity index (χ0v) is 9.73. The number of rotatable bonds is 2. The van der Waals surface area contributed by atoms with Crippen LogP contribution < -0.4 is 0 Å². The SMILES string of the molecule is CC.CCc1nc(C(C)C)[nH]c1C. The number of aromatic amines is 1. The summed E-state index contributed by atoms with van der Waals surface area (Å²) in [5, 5.41) is 0. The van der Waals surface area contributed by atoms with Crippen molar-refractivity contribution >= 4 is 0 Å². The molecule has 0 spiro atoms. The molecule has 1 aromatic heterocycles. The van der Waals surface area contributed by atoms with E-state index in [1.807, 2.05) is 13.8 Å². The number of nitrogens with zero attached hydrogens (tertiary/aromatic N) is 1. The Morgan fingerprint density at radius 1 is 1.31 bits per heavy atom. The highest BCUT2D eigenvalue weighted by Crippen LogP contribution is 2.13. The molecule has 2 nitrogen and oxygen atoms in total. The van der Waals surface area contributed by atoms with Crippen LogP contribution in [0.3, 0.4) is 0 Å². The van der Waals surface area contributed by atoms with Crippen molar-refractivity contribution in [3.05, 3.63) is 17.2 Å². The van der Waals surface area contributed by atoms with Gasteiger partial charge < -0.3 is 4.98 Å². The van der Waals surface area contributed by atoms with Crippen LogP contribution in [0.2, 0.25) is 0 Å². The molecule has 0 aliphatic rings. The fraction of sp³-hybridized carbons (Fsp3) is 0.727. The van der Waals surface area contributed by atoms with E-state index < -0.39 is 0 Å². The lowest BCUT2D eigenvalue weighted by molar-refractivity contribution is 0.788. The quantitative estimate of drug-likeness (QED) is 0.745. The molecule has 1 heterocycles. The maximum Gasteiger partial charge on any atom is 0.109 e. The second-order valence-electron chi connectivity index (χ2n) is 3.20. The molecule has 0 saturated heterocycles. The predicted octanol–water partition coefficient (Wildman–Crippen LogP) is 3.43. The topological polar surface area (TPSA) is 28.7 Å². The van der Waals surface area contributed by atoms with Gasteiger partial charge >= 0.3 is 0 Å². The van der Waals surface area contributed by atoms with E-state index in [9.17, 15) is 0 Å². The van der Waals surface area contributed by atoms with Crippen molar-refractivity contribution in [2.24, 2.45) is 0 Å². The molecule has 76 valence electrons. The van der Waals surface area contributed by atoms with Gasteiger partial charge in [0.15, 0.2) is 0 Å². The van der Waals surface area contributed by atoms with Gasteiger partial charge in [0.25, 0.3) is 0 Å². The first-order valence-corrected chi connectivity index (χ1v) is 5.20. The summed E-state index contributed by atoms with van der Waals surface area (Å²) in [6.07, 6.45) is 1.02. The number of aryl methyl sites for hydroxylation is 2. The van der Waals surface area contributed by atoms with Crippen molar-refractivity contribution in [2.75, 3.05) is 0 Å². The minimum atomic E-state index is 0.508. The molecule has 0 bridgehead atoms. The van der Waals surface area contributed by atoms with E-state index in [1.165, 1.54) is 11.4 Å². The van der Waals surface area contributed by atoms with Crippen LogP contribution in [0.5, 0.6) is 0 Å². The molecule has 0 amide bonds. The van der Waals surface area contributed by atoms with Crippen LogP contribution in [0.25, 0.3) is 0 Å². The second kappa shape index (κ2) is 5.79. The summed E-state index contributed by atoms with van der Waals surface area (Å²) in [6.45, 7) is 12.5. The van der Waals surface area contributed by atoms with Crippen molar-refractivity contribution in [3.63, 3.8) is 0 Å². The van der Waals surface area contributed by atoms with E-state index >= 15 is 0 Å². The zero-order valence-electron chi connectivity index (χ0n) is 9.73. The van der Waals surface area contributed by atoms with Crippen molar-refractivity contribution in [1.29, 1.82) is 0 Å². The minimum absolute atomic E-state index is 0.508. The summed E-state index contributed by atoms with van der Waals surface area (Å²) < 4.78 is 0. The van der Waals surface area contributed by atoms with Crippen LogP contribution in [0.15, 0.2) is 0 Å². The molecule has 0 fully saturated rings. The van der Waals surface area contributed by atoms with Gasteiger partial charge in [0.1, 0.15) is 5.82 Å². The van der Waals surface area contributed by atoms with Gasteiger partial charge in [-0.3, -0.25) is 0 Å². The number of nitrogens with one attached hydrogen (secondary N) is 1. The Morgan fingerprint density at radius 2 is 1.85 bits per heavy atom. The van der Waals surface area contributed by atoms with E-state index in [0.29, 0.717) is 5.92 Å². The molecule has 0 aromatic carbocycles. The molecular formula is C11H22N2.